The number of benzene rings is 1. The van der Waals surface area contributed by atoms with Gasteiger partial charge in [-0.3, -0.25) is 0 Å². The van der Waals surface area contributed by atoms with Gasteiger partial charge in [0.1, 0.15) is 0 Å². The van der Waals surface area contributed by atoms with E-state index in [4.69, 9.17) is 0 Å². The van der Waals surface area contributed by atoms with E-state index in [1.54, 1.807) is 0 Å². The molecule has 16 heavy (non-hydrogen) atoms. The van der Waals surface area contributed by atoms with E-state index in [1.807, 2.05) is 0 Å². The molecule has 0 saturated carbocycles. The van der Waals surface area contributed by atoms with Crippen LogP contribution in [0.15, 0.2) is 24.3 Å². The van der Waals surface area contributed by atoms with E-state index in [0.717, 1.165) is 6.42 Å². The highest BCUT2D eigenvalue weighted by molar-refractivity contribution is 5.25. The zero-order valence-electron chi connectivity index (χ0n) is 10.6. The summed E-state index contributed by atoms with van der Waals surface area (Å²) in [6, 6.07) is 8.52. The lowest BCUT2D eigenvalue weighted by Crippen LogP contribution is -2.04. The molecule has 0 spiro atoms. The fraction of sp³-hybridized carbons (Fsp3) is 0.600. The Hall–Kier alpha value is -0.820. The lowest BCUT2D eigenvalue weighted by Gasteiger charge is -2.15. The van der Waals surface area contributed by atoms with Crippen LogP contribution in [0.5, 0.6) is 0 Å². The summed E-state index contributed by atoms with van der Waals surface area (Å²) in [7, 11) is 0. The highest BCUT2D eigenvalue weighted by atomic mass is 16.3. The Balaban J connectivity index is 2.47. The average molecular weight is 220 g/mol. The van der Waals surface area contributed by atoms with Crippen LogP contribution in [0.3, 0.4) is 0 Å². The van der Waals surface area contributed by atoms with Crippen molar-refractivity contribution in [2.24, 2.45) is 0 Å². The van der Waals surface area contributed by atoms with Gasteiger partial charge in [-0.1, -0.05) is 62.4 Å². The Morgan fingerprint density at radius 1 is 1.19 bits per heavy atom. The average Bonchev–Trinajstić information content (AvgIpc) is 2.29. The molecule has 0 aliphatic carbocycles. The van der Waals surface area contributed by atoms with Crippen molar-refractivity contribution in [1.29, 1.82) is 0 Å². The second-order valence-corrected chi connectivity index (χ2v) is 4.64. The smallest absolute Gasteiger partial charge is 0.0499 e. The molecule has 0 aromatic heterocycles. The number of unbranched alkanes of at least 4 members (excludes halogenated alkanes) is 3. The second-order valence-electron chi connectivity index (χ2n) is 4.64. The first kappa shape index (κ1) is 13.2. The Kier molecular flexibility index (Phi) is 6.17. The Bertz CT molecular complexity index is 293. The summed E-state index contributed by atoms with van der Waals surface area (Å²) in [6.45, 7) is 4.61. The van der Waals surface area contributed by atoms with Crippen LogP contribution in [0.2, 0.25) is 0 Å². The third-order valence-corrected chi connectivity index (χ3v) is 3.14. The van der Waals surface area contributed by atoms with E-state index >= 15 is 0 Å². The van der Waals surface area contributed by atoms with E-state index in [1.165, 1.54) is 36.8 Å². The predicted molar refractivity (Wildman–Crippen MR) is 69.8 cm³/mol. The highest BCUT2D eigenvalue weighted by Gasteiger charge is 2.09. The number of aryl methyl sites for hydroxylation is 1. The Morgan fingerprint density at radius 3 is 2.62 bits per heavy atom. The fourth-order valence-corrected chi connectivity index (χ4v) is 2.10. The molecule has 0 fully saturated rings. The van der Waals surface area contributed by atoms with Crippen LogP contribution in [0.1, 0.15) is 56.1 Å². The van der Waals surface area contributed by atoms with Crippen molar-refractivity contribution in [3.8, 4) is 0 Å². The van der Waals surface area contributed by atoms with Gasteiger partial charge in [0, 0.05) is 12.5 Å². The van der Waals surface area contributed by atoms with Crippen molar-refractivity contribution in [3.05, 3.63) is 35.4 Å². The molecule has 0 bridgehead atoms. The fourth-order valence-electron chi connectivity index (χ4n) is 2.10. The van der Waals surface area contributed by atoms with E-state index in [0.29, 0.717) is 5.92 Å². The predicted octanol–water partition coefficient (Wildman–Crippen LogP) is 4.04. The van der Waals surface area contributed by atoms with Gasteiger partial charge in [-0.05, 0) is 18.9 Å². The second kappa shape index (κ2) is 7.45. The van der Waals surface area contributed by atoms with Gasteiger partial charge in [0.2, 0.25) is 0 Å². The molecule has 1 aromatic rings. The molecule has 0 radical (unpaired) electrons. The molecule has 1 aromatic carbocycles. The maximum absolute atomic E-state index is 9.43. The van der Waals surface area contributed by atoms with Crippen LogP contribution in [0.4, 0.5) is 0 Å². The summed E-state index contributed by atoms with van der Waals surface area (Å²) in [5.41, 5.74) is 2.57. The molecule has 0 aliphatic heterocycles. The van der Waals surface area contributed by atoms with Crippen LogP contribution in [0, 0.1) is 6.92 Å². The van der Waals surface area contributed by atoms with Crippen molar-refractivity contribution in [1.82, 2.24) is 0 Å². The van der Waals surface area contributed by atoms with Crippen molar-refractivity contribution in [3.63, 3.8) is 0 Å². The molecule has 90 valence electrons. The minimum Gasteiger partial charge on any atom is -0.396 e. The minimum absolute atomic E-state index is 0.273. The lowest BCUT2D eigenvalue weighted by atomic mass is 9.93. The van der Waals surface area contributed by atoms with Gasteiger partial charge in [0.05, 0.1) is 0 Å². The first-order valence-electron chi connectivity index (χ1n) is 6.45. The number of rotatable bonds is 7. The summed E-state index contributed by atoms with van der Waals surface area (Å²) in [5.74, 6) is 0.330. The van der Waals surface area contributed by atoms with E-state index in [9.17, 15) is 5.11 Å². The Morgan fingerprint density at radius 2 is 2.00 bits per heavy atom. The minimum atomic E-state index is 0.273. The van der Waals surface area contributed by atoms with Crippen LogP contribution < -0.4 is 0 Å². The normalized spacial score (nSPS) is 12.7. The van der Waals surface area contributed by atoms with Gasteiger partial charge in [-0.25, -0.2) is 0 Å². The molecule has 1 rings (SSSR count). The van der Waals surface area contributed by atoms with Gasteiger partial charge in [-0.2, -0.15) is 0 Å². The number of hydrogen-bond donors (Lipinski definition) is 1. The zero-order valence-corrected chi connectivity index (χ0v) is 10.6. The summed E-state index contributed by atoms with van der Waals surface area (Å²) in [5, 5.41) is 9.43. The van der Waals surface area contributed by atoms with Crippen molar-refractivity contribution < 1.29 is 5.11 Å². The Labute approximate surface area is 99.5 Å². The molecular formula is C15H24O. The number of aliphatic hydroxyl groups excluding tert-OH is 1. The van der Waals surface area contributed by atoms with Crippen LogP contribution in [-0.4, -0.2) is 11.7 Å². The van der Waals surface area contributed by atoms with Crippen molar-refractivity contribution >= 4 is 0 Å². The van der Waals surface area contributed by atoms with Crippen LogP contribution in [0.25, 0.3) is 0 Å². The largest absolute Gasteiger partial charge is 0.396 e. The molecule has 1 N–H and O–H groups in total. The van der Waals surface area contributed by atoms with E-state index in [-0.39, 0.29) is 6.61 Å². The first-order valence-corrected chi connectivity index (χ1v) is 6.45. The van der Waals surface area contributed by atoms with Gasteiger partial charge < -0.3 is 5.11 Å². The number of hydrogen-bond acceptors (Lipinski definition) is 1. The summed E-state index contributed by atoms with van der Waals surface area (Å²) >= 11 is 0. The summed E-state index contributed by atoms with van der Waals surface area (Å²) < 4.78 is 0. The summed E-state index contributed by atoms with van der Waals surface area (Å²) in [6.07, 6.45) is 6.21. The monoisotopic (exact) mass is 220 g/mol. The van der Waals surface area contributed by atoms with Crippen molar-refractivity contribution in [2.45, 2.75) is 51.9 Å². The lowest BCUT2D eigenvalue weighted by molar-refractivity contribution is 0.256. The molecule has 1 heteroatoms. The van der Waals surface area contributed by atoms with E-state index < -0.39 is 0 Å². The maximum atomic E-state index is 9.43. The number of aliphatic hydroxyl groups is 1. The zero-order chi connectivity index (χ0) is 11.8. The molecule has 0 amide bonds. The molecule has 1 nitrogen and oxygen atoms in total. The topological polar surface area (TPSA) is 20.2 Å². The van der Waals surface area contributed by atoms with Gasteiger partial charge in [-0.15, -0.1) is 0 Å². The summed E-state index contributed by atoms with van der Waals surface area (Å²) in [4.78, 5) is 0. The van der Waals surface area contributed by atoms with Gasteiger partial charge in [0.15, 0.2) is 0 Å². The molecule has 0 heterocycles. The molecular weight excluding hydrogens is 196 g/mol. The van der Waals surface area contributed by atoms with Gasteiger partial charge in [0.25, 0.3) is 0 Å². The van der Waals surface area contributed by atoms with Crippen LogP contribution >= 0.6 is 0 Å². The van der Waals surface area contributed by atoms with Crippen molar-refractivity contribution in [2.75, 3.05) is 6.61 Å². The van der Waals surface area contributed by atoms with Crippen LogP contribution in [-0.2, 0) is 0 Å². The van der Waals surface area contributed by atoms with E-state index in [2.05, 4.69) is 38.1 Å². The maximum Gasteiger partial charge on any atom is 0.0499 e. The SMILES string of the molecule is CCCCCCC(CO)c1cccc(C)c1. The molecule has 1 unspecified atom stereocenters. The molecule has 1 atom stereocenters. The first-order chi connectivity index (χ1) is 7.77. The van der Waals surface area contributed by atoms with Gasteiger partial charge >= 0.3 is 0 Å². The molecule has 0 saturated heterocycles. The quantitative estimate of drug-likeness (QED) is 0.687. The standard InChI is InChI=1S/C15H24O/c1-3-4-5-6-9-15(12-16)14-10-7-8-13(2)11-14/h7-8,10-11,15-16H,3-6,9,12H2,1-2H3. The third kappa shape index (κ3) is 4.36. The third-order valence-electron chi connectivity index (χ3n) is 3.14. The highest BCUT2D eigenvalue weighted by Crippen LogP contribution is 2.22. The molecule has 0 aliphatic rings.